The molecule has 1 amide bonds. The number of fused-ring (bicyclic) bond motifs is 2. The van der Waals surface area contributed by atoms with Crippen LogP contribution in [0.3, 0.4) is 0 Å². The molecule has 2 atom stereocenters. The molecule has 3 N–H and O–H groups in total. The predicted molar refractivity (Wildman–Crippen MR) is 168 cm³/mol. The standard InChI is InChI=1S/C33H38N4O3S2/c1-22-35-31-19-27(15-17-32(31)41-22)42(39,40)37-30(24-8-3-2-4-9-24)20-33(38)36-29-13-7-10-25-18-23(14-16-28(25)29)21-34-26-11-5-6-12-26/h2-4,8-9,14-19,26,29-30,34,37H,5-7,10-13,20-21H2,1H3,(H,36,38). The monoisotopic (exact) mass is 602 g/mol. The Balaban J connectivity index is 1.16. The van der Waals surface area contributed by atoms with Gasteiger partial charge in [-0.15, -0.1) is 11.3 Å². The molecule has 0 aliphatic heterocycles. The molecule has 6 rings (SSSR count). The summed E-state index contributed by atoms with van der Waals surface area (Å²) in [6.45, 7) is 2.78. The molecule has 1 heterocycles. The van der Waals surface area contributed by atoms with Gasteiger partial charge >= 0.3 is 0 Å². The zero-order valence-electron chi connectivity index (χ0n) is 23.9. The Morgan fingerprint density at radius 2 is 1.81 bits per heavy atom. The van der Waals surface area contributed by atoms with Crippen molar-refractivity contribution in [3.05, 3.63) is 94.0 Å². The number of benzene rings is 3. The topological polar surface area (TPSA) is 100 Å². The third-order valence-corrected chi connectivity index (χ3v) is 10.9. The number of rotatable bonds is 10. The lowest BCUT2D eigenvalue weighted by molar-refractivity contribution is -0.122. The highest BCUT2D eigenvalue weighted by atomic mass is 32.2. The molecule has 9 heteroatoms. The van der Waals surface area contributed by atoms with E-state index >= 15 is 0 Å². The number of hydrogen-bond donors (Lipinski definition) is 3. The third kappa shape index (κ3) is 6.75. The molecule has 2 unspecified atom stereocenters. The smallest absolute Gasteiger partial charge is 0.241 e. The van der Waals surface area contributed by atoms with Crippen LogP contribution in [0.2, 0.25) is 0 Å². The number of amides is 1. The molecular formula is C33H38N4O3S2. The van der Waals surface area contributed by atoms with E-state index in [2.05, 4.69) is 38.5 Å². The molecule has 0 bridgehead atoms. The quantitative estimate of drug-likeness (QED) is 0.200. The summed E-state index contributed by atoms with van der Waals surface area (Å²) in [7, 11) is -3.91. The summed E-state index contributed by atoms with van der Waals surface area (Å²) in [5.74, 6) is -0.179. The number of nitrogens with one attached hydrogen (secondary N) is 3. The molecular weight excluding hydrogens is 565 g/mol. The Kier molecular flexibility index (Phi) is 8.72. The Morgan fingerprint density at radius 1 is 1.00 bits per heavy atom. The maximum Gasteiger partial charge on any atom is 0.241 e. The predicted octanol–water partition coefficient (Wildman–Crippen LogP) is 6.24. The van der Waals surface area contributed by atoms with E-state index in [9.17, 15) is 13.2 Å². The molecule has 1 aromatic heterocycles. The van der Waals surface area contributed by atoms with E-state index < -0.39 is 16.1 Å². The molecule has 4 aromatic rings. The number of carbonyl (C=O) groups excluding carboxylic acids is 1. The molecule has 1 fully saturated rings. The number of carbonyl (C=O) groups is 1. The van der Waals surface area contributed by atoms with Crippen LogP contribution < -0.4 is 15.4 Å². The third-order valence-electron chi connectivity index (χ3n) is 8.47. The van der Waals surface area contributed by atoms with Crippen molar-refractivity contribution in [2.24, 2.45) is 0 Å². The first-order chi connectivity index (χ1) is 20.3. The fraction of sp³-hybridized carbons (Fsp3) is 0.394. The normalized spacial score (nSPS) is 18.2. The molecule has 0 spiro atoms. The van der Waals surface area contributed by atoms with Crippen molar-refractivity contribution in [3.63, 3.8) is 0 Å². The Labute approximate surface area is 252 Å². The van der Waals surface area contributed by atoms with Crippen LogP contribution in [0.4, 0.5) is 0 Å². The van der Waals surface area contributed by atoms with Gasteiger partial charge in [0, 0.05) is 19.0 Å². The van der Waals surface area contributed by atoms with E-state index in [0.29, 0.717) is 11.6 Å². The SMILES string of the molecule is Cc1nc2cc(S(=O)(=O)NC(CC(=O)NC3CCCc4cc(CNC5CCCC5)ccc43)c3ccccc3)ccc2s1. The number of thiazole rings is 1. The Bertz CT molecular complexity index is 1660. The van der Waals surface area contributed by atoms with E-state index in [-0.39, 0.29) is 23.3 Å². The number of aromatic nitrogens is 1. The van der Waals surface area contributed by atoms with Gasteiger partial charge in [-0.3, -0.25) is 4.79 Å². The van der Waals surface area contributed by atoms with E-state index in [1.165, 1.54) is 53.7 Å². The van der Waals surface area contributed by atoms with E-state index in [0.717, 1.165) is 41.1 Å². The van der Waals surface area contributed by atoms with E-state index in [4.69, 9.17) is 0 Å². The number of nitrogens with zero attached hydrogens (tertiary/aromatic N) is 1. The molecule has 2 aliphatic carbocycles. The van der Waals surface area contributed by atoms with Gasteiger partial charge in [-0.05, 0) is 79.5 Å². The summed E-state index contributed by atoms with van der Waals surface area (Å²) in [6.07, 6.45) is 8.04. The average Bonchev–Trinajstić information content (AvgIpc) is 3.64. The van der Waals surface area contributed by atoms with Crippen LogP contribution in [-0.4, -0.2) is 25.4 Å². The van der Waals surface area contributed by atoms with Gasteiger partial charge in [-0.2, -0.15) is 0 Å². The summed E-state index contributed by atoms with van der Waals surface area (Å²) in [5, 5.41) is 7.80. The molecule has 0 radical (unpaired) electrons. The van der Waals surface area contributed by atoms with Gasteiger partial charge in [-0.25, -0.2) is 18.1 Å². The first-order valence-electron chi connectivity index (χ1n) is 14.9. The van der Waals surface area contributed by atoms with Crippen molar-refractivity contribution in [3.8, 4) is 0 Å². The second kappa shape index (κ2) is 12.6. The highest BCUT2D eigenvalue weighted by Crippen LogP contribution is 2.32. The van der Waals surface area contributed by atoms with E-state index in [1.807, 2.05) is 37.3 Å². The lowest BCUT2D eigenvalue weighted by Crippen LogP contribution is -2.36. The lowest BCUT2D eigenvalue weighted by atomic mass is 9.86. The fourth-order valence-electron chi connectivity index (χ4n) is 6.32. The van der Waals surface area contributed by atoms with Crippen LogP contribution in [-0.2, 0) is 27.8 Å². The van der Waals surface area contributed by atoms with Crippen molar-refractivity contribution in [2.75, 3.05) is 0 Å². The van der Waals surface area contributed by atoms with Crippen LogP contribution in [0.5, 0.6) is 0 Å². The fourth-order valence-corrected chi connectivity index (χ4v) is 8.37. The van der Waals surface area contributed by atoms with Crippen molar-refractivity contribution in [2.45, 2.75) is 87.9 Å². The van der Waals surface area contributed by atoms with Crippen molar-refractivity contribution in [1.82, 2.24) is 20.3 Å². The number of sulfonamides is 1. The minimum absolute atomic E-state index is 0.00345. The number of hydrogen-bond acceptors (Lipinski definition) is 6. The van der Waals surface area contributed by atoms with Crippen molar-refractivity contribution >= 4 is 37.5 Å². The van der Waals surface area contributed by atoms with Gasteiger partial charge in [-0.1, -0.05) is 61.4 Å². The molecule has 1 saturated carbocycles. The molecule has 2 aliphatic rings. The van der Waals surface area contributed by atoms with Crippen LogP contribution in [0, 0.1) is 6.92 Å². The molecule has 7 nitrogen and oxygen atoms in total. The minimum Gasteiger partial charge on any atom is -0.349 e. The van der Waals surface area contributed by atoms with Crippen LogP contribution in [0.15, 0.2) is 71.6 Å². The summed E-state index contributed by atoms with van der Waals surface area (Å²) in [4.78, 5) is 18.0. The maximum absolute atomic E-state index is 13.5. The first kappa shape index (κ1) is 29.0. The van der Waals surface area contributed by atoms with Crippen LogP contribution >= 0.6 is 11.3 Å². The molecule has 42 heavy (non-hydrogen) atoms. The summed E-state index contributed by atoms with van der Waals surface area (Å²) >= 11 is 1.53. The van der Waals surface area contributed by atoms with Crippen molar-refractivity contribution in [1.29, 1.82) is 0 Å². The Morgan fingerprint density at radius 3 is 2.62 bits per heavy atom. The van der Waals surface area contributed by atoms with Crippen molar-refractivity contribution < 1.29 is 13.2 Å². The van der Waals surface area contributed by atoms with Crippen LogP contribution in [0.25, 0.3) is 10.2 Å². The van der Waals surface area contributed by atoms with Gasteiger partial charge in [0.05, 0.1) is 32.2 Å². The van der Waals surface area contributed by atoms with E-state index in [1.54, 1.807) is 18.2 Å². The molecule has 220 valence electrons. The van der Waals surface area contributed by atoms with Gasteiger partial charge in [0.15, 0.2) is 0 Å². The zero-order chi connectivity index (χ0) is 29.1. The van der Waals surface area contributed by atoms with Gasteiger partial charge in [0.2, 0.25) is 15.9 Å². The maximum atomic E-state index is 13.5. The number of aryl methyl sites for hydroxylation is 2. The summed E-state index contributed by atoms with van der Waals surface area (Å²) in [5.41, 5.74) is 5.15. The minimum atomic E-state index is -3.91. The lowest BCUT2D eigenvalue weighted by Gasteiger charge is -2.28. The second-order valence-electron chi connectivity index (χ2n) is 11.6. The van der Waals surface area contributed by atoms with Gasteiger partial charge < -0.3 is 10.6 Å². The van der Waals surface area contributed by atoms with Crippen LogP contribution in [0.1, 0.15) is 84.3 Å². The highest BCUT2D eigenvalue weighted by Gasteiger charge is 2.27. The summed E-state index contributed by atoms with van der Waals surface area (Å²) in [6, 6.07) is 20.7. The molecule has 0 saturated heterocycles. The average molecular weight is 603 g/mol. The van der Waals surface area contributed by atoms with Gasteiger partial charge in [0.25, 0.3) is 0 Å². The highest BCUT2D eigenvalue weighted by molar-refractivity contribution is 7.89. The van der Waals surface area contributed by atoms with Gasteiger partial charge in [0.1, 0.15) is 0 Å². The Hall–Kier alpha value is -3.11. The second-order valence-corrected chi connectivity index (χ2v) is 14.5. The zero-order valence-corrected chi connectivity index (χ0v) is 25.6. The molecule has 3 aromatic carbocycles. The first-order valence-corrected chi connectivity index (χ1v) is 17.2. The largest absolute Gasteiger partial charge is 0.349 e. The summed E-state index contributed by atoms with van der Waals surface area (Å²) < 4.78 is 30.7.